The quantitative estimate of drug-likeness (QED) is 0.765. The molecule has 0 radical (unpaired) electrons. The topological polar surface area (TPSA) is 76.0 Å². The molecule has 2 atom stereocenters. The van der Waals surface area contributed by atoms with Crippen molar-refractivity contribution >= 4 is 5.97 Å². The van der Waals surface area contributed by atoms with E-state index in [9.17, 15) is 15.0 Å². The number of ether oxygens (including phenoxy) is 2. The molecule has 5 nitrogen and oxygen atoms in total. The standard InChI is InChI=1S/C13H18O5/c1-8-4-5-11(17-2)9(6-8)13(16)10(14)7-12(15)18-3/h4-6,10,13-14,16H,7H2,1-3H3. The van der Waals surface area contributed by atoms with E-state index in [0.717, 1.165) is 5.56 Å². The van der Waals surface area contributed by atoms with Gasteiger partial charge in [0.1, 0.15) is 11.9 Å². The minimum Gasteiger partial charge on any atom is -0.496 e. The lowest BCUT2D eigenvalue weighted by Crippen LogP contribution is -2.23. The Balaban J connectivity index is 2.91. The molecular weight excluding hydrogens is 236 g/mol. The second-order valence-corrected chi connectivity index (χ2v) is 4.04. The van der Waals surface area contributed by atoms with Crippen LogP contribution in [-0.4, -0.2) is 36.5 Å². The number of carbonyl (C=O) groups excluding carboxylic acids is 1. The molecule has 0 amide bonds. The van der Waals surface area contributed by atoms with Crippen molar-refractivity contribution in [1.29, 1.82) is 0 Å². The van der Waals surface area contributed by atoms with Crippen LogP contribution in [-0.2, 0) is 9.53 Å². The number of aryl methyl sites for hydroxylation is 1. The van der Waals surface area contributed by atoms with Gasteiger partial charge in [0, 0.05) is 5.56 Å². The van der Waals surface area contributed by atoms with Gasteiger partial charge in [-0.15, -0.1) is 0 Å². The second kappa shape index (κ2) is 6.37. The van der Waals surface area contributed by atoms with E-state index >= 15 is 0 Å². The minimum absolute atomic E-state index is 0.269. The van der Waals surface area contributed by atoms with Gasteiger partial charge < -0.3 is 19.7 Å². The van der Waals surface area contributed by atoms with E-state index < -0.39 is 18.2 Å². The summed E-state index contributed by atoms with van der Waals surface area (Å²) in [5, 5.41) is 19.8. The van der Waals surface area contributed by atoms with Crippen LogP contribution in [0.3, 0.4) is 0 Å². The Kier molecular flexibility index (Phi) is 5.12. The van der Waals surface area contributed by atoms with Crippen molar-refractivity contribution in [2.75, 3.05) is 14.2 Å². The number of hydrogen-bond donors (Lipinski definition) is 2. The summed E-state index contributed by atoms with van der Waals surface area (Å²) >= 11 is 0. The molecule has 0 bridgehead atoms. The summed E-state index contributed by atoms with van der Waals surface area (Å²) in [6.07, 6.45) is -2.69. The first-order chi connectivity index (χ1) is 8.49. The van der Waals surface area contributed by atoms with Gasteiger partial charge >= 0.3 is 5.97 Å². The predicted octanol–water partition coefficient (Wildman–Crippen LogP) is 0.961. The van der Waals surface area contributed by atoms with Gasteiger partial charge in [0.25, 0.3) is 0 Å². The van der Waals surface area contributed by atoms with Crippen LogP contribution < -0.4 is 4.74 Å². The normalized spacial score (nSPS) is 13.8. The van der Waals surface area contributed by atoms with E-state index in [1.54, 1.807) is 12.1 Å². The Morgan fingerprint density at radius 3 is 2.56 bits per heavy atom. The molecule has 2 unspecified atom stereocenters. The number of aliphatic hydroxyl groups is 2. The summed E-state index contributed by atoms with van der Waals surface area (Å²) in [5.41, 5.74) is 1.38. The van der Waals surface area contributed by atoms with Gasteiger partial charge in [0.2, 0.25) is 0 Å². The summed E-state index contributed by atoms with van der Waals surface area (Å²) < 4.78 is 9.56. The van der Waals surface area contributed by atoms with Gasteiger partial charge in [0.05, 0.1) is 26.7 Å². The molecule has 0 aliphatic carbocycles. The van der Waals surface area contributed by atoms with Crippen molar-refractivity contribution in [2.45, 2.75) is 25.6 Å². The Morgan fingerprint density at radius 2 is 2.00 bits per heavy atom. The van der Waals surface area contributed by atoms with Gasteiger partial charge in [-0.1, -0.05) is 11.6 Å². The lowest BCUT2D eigenvalue weighted by molar-refractivity contribution is -0.144. The minimum atomic E-state index is -1.23. The van der Waals surface area contributed by atoms with Crippen molar-refractivity contribution in [3.8, 4) is 5.75 Å². The fourth-order valence-electron chi connectivity index (χ4n) is 1.66. The largest absolute Gasteiger partial charge is 0.496 e. The number of hydrogen-bond acceptors (Lipinski definition) is 5. The highest BCUT2D eigenvalue weighted by Gasteiger charge is 2.24. The van der Waals surface area contributed by atoms with Crippen LogP contribution in [0, 0.1) is 6.92 Å². The summed E-state index contributed by atoms with van der Waals surface area (Å²) in [7, 11) is 2.71. The molecule has 0 saturated carbocycles. The third-order valence-electron chi connectivity index (χ3n) is 2.67. The molecule has 0 heterocycles. The number of methoxy groups -OCH3 is 2. The molecule has 1 aromatic carbocycles. The summed E-state index contributed by atoms with van der Waals surface area (Å²) in [6.45, 7) is 1.86. The maximum atomic E-state index is 11.1. The molecule has 0 spiro atoms. The molecular formula is C13H18O5. The van der Waals surface area contributed by atoms with Crippen LogP contribution in [0.25, 0.3) is 0 Å². The van der Waals surface area contributed by atoms with Crippen LogP contribution in [0.15, 0.2) is 18.2 Å². The van der Waals surface area contributed by atoms with E-state index in [0.29, 0.717) is 11.3 Å². The predicted molar refractivity (Wildman–Crippen MR) is 65.3 cm³/mol. The molecule has 1 rings (SSSR count). The van der Waals surface area contributed by atoms with E-state index in [1.807, 2.05) is 13.0 Å². The van der Waals surface area contributed by atoms with E-state index in [-0.39, 0.29) is 6.42 Å². The van der Waals surface area contributed by atoms with Crippen LogP contribution in [0.1, 0.15) is 23.7 Å². The van der Waals surface area contributed by atoms with Crippen LogP contribution in [0.4, 0.5) is 0 Å². The summed E-state index contributed by atoms with van der Waals surface area (Å²) in [4.78, 5) is 11.1. The lowest BCUT2D eigenvalue weighted by atomic mass is 9.99. The zero-order valence-electron chi connectivity index (χ0n) is 10.7. The Labute approximate surface area is 106 Å². The van der Waals surface area contributed by atoms with Gasteiger partial charge in [-0.25, -0.2) is 0 Å². The van der Waals surface area contributed by atoms with Crippen molar-refractivity contribution in [3.63, 3.8) is 0 Å². The van der Waals surface area contributed by atoms with Crippen LogP contribution in [0.2, 0.25) is 0 Å². The maximum Gasteiger partial charge on any atom is 0.308 e. The highest BCUT2D eigenvalue weighted by molar-refractivity contribution is 5.69. The molecule has 0 aliphatic rings. The number of aliphatic hydroxyl groups excluding tert-OH is 2. The zero-order valence-corrected chi connectivity index (χ0v) is 10.7. The van der Waals surface area contributed by atoms with Crippen LogP contribution in [0.5, 0.6) is 5.75 Å². The number of benzene rings is 1. The monoisotopic (exact) mass is 254 g/mol. The Morgan fingerprint density at radius 1 is 1.33 bits per heavy atom. The summed E-state index contributed by atoms with van der Waals surface area (Å²) in [5.74, 6) is -0.106. The van der Waals surface area contributed by atoms with E-state index in [1.165, 1.54) is 14.2 Å². The first-order valence-corrected chi connectivity index (χ1v) is 5.57. The molecule has 2 N–H and O–H groups in total. The van der Waals surface area contributed by atoms with Crippen molar-refractivity contribution < 1.29 is 24.5 Å². The Bertz CT molecular complexity index is 416. The second-order valence-electron chi connectivity index (χ2n) is 4.04. The first kappa shape index (κ1) is 14.5. The molecule has 1 aromatic rings. The first-order valence-electron chi connectivity index (χ1n) is 5.57. The number of esters is 1. The Hall–Kier alpha value is -1.59. The van der Waals surface area contributed by atoms with E-state index in [2.05, 4.69) is 4.74 Å². The smallest absolute Gasteiger partial charge is 0.308 e. The van der Waals surface area contributed by atoms with Gasteiger partial charge in [-0.3, -0.25) is 4.79 Å². The van der Waals surface area contributed by atoms with E-state index in [4.69, 9.17) is 4.74 Å². The fraction of sp³-hybridized carbons (Fsp3) is 0.462. The highest BCUT2D eigenvalue weighted by Crippen LogP contribution is 2.29. The van der Waals surface area contributed by atoms with Crippen molar-refractivity contribution in [2.24, 2.45) is 0 Å². The molecule has 18 heavy (non-hydrogen) atoms. The maximum absolute atomic E-state index is 11.1. The highest BCUT2D eigenvalue weighted by atomic mass is 16.5. The van der Waals surface area contributed by atoms with Gasteiger partial charge in [0.15, 0.2) is 0 Å². The molecule has 5 heteroatoms. The van der Waals surface area contributed by atoms with Crippen molar-refractivity contribution in [1.82, 2.24) is 0 Å². The molecule has 0 aliphatic heterocycles. The van der Waals surface area contributed by atoms with Gasteiger partial charge in [-0.2, -0.15) is 0 Å². The third kappa shape index (κ3) is 3.45. The lowest BCUT2D eigenvalue weighted by Gasteiger charge is -2.19. The summed E-state index contributed by atoms with van der Waals surface area (Å²) in [6, 6.07) is 5.25. The third-order valence-corrected chi connectivity index (χ3v) is 2.67. The van der Waals surface area contributed by atoms with Gasteiger partial charge in [-0.05, 0) is 19.1 Å². The molecule has 0 fully saturated rings. The van der Waals surface area contributed by atoms with Crippen molar-refractivity contribution in [3.05, 3.63) is 29.3 Å². The molecule has 0 saturated heterocycles. The number of carbonyl (C=O) groups is 1. The van der Waals surface area contributed by atoms with Crippen LogP contribution >= 0.6 is 0 Å². The molecule has 0 aromatic heterocycles. The average Bonchev–Trinajstić information content (AvgIpc) is 2.37. The zero-order chi connectivity index (χ0) is 13.7. The fourth-order valence-corrected chi connectivity index (χ4v) is 1.66. The average molecular weight is 254 g/mol. The number of rotatable bonds is 5. The SMILES string of the molecule is COC(=O)CC(O)C(O)c1cc(C)ccc1OC. The molecule has 100 valence electrons.